The van der Waals surface area contributed by atoms with Crippen molar-refractivity contribution in [1.82, 2.24) is 10.2 Å². The van der Waals surface area contributed by atoms with Crippen molar-refractivity contribution in [2.75, 3.05) is 6.54 Å². The van der Waals surface area contributed by atoms with E-state index in [0.29, 0.717) is 0 Å². The van der Waals surface area contributed by atoms with Gasteiger partial charge in [0.25, 0.3) is 0 Å². The lowest BCUT2D eigenvalue weighted by Gasteiger charge is -2.37. The molecular formula is C13H20N2O2. The Bertz CT molecular complexity index is 367. The predicted octanol–water partition coefficient (Wildman–Crippen LogP) is 0.768. The van der Waals surface area contributed by atoms with Crippen molar-refractivity contribution in [1.29, 1.82) is 0 Å². The van der Waals surface area contributed by atoms with Gasteiger partial charge in [0, 0.05) is 6.04 Å². The zero-order chi connectivity index (χ0) is 12.4. The Balaban J connectivity index is 1.82. The molecule has 3 fully saturated rings. The highest BCUT2D eigenvalue weighted by Gasteiger charge is 2.73. The van der Waals surface area contributed by atoms with Gasteiger partial charge >= 0.3 is 0 Å². The Morgan fingerprint density at radius 3 is 2.35 bits per heavy atom. The summed E-state index contributed by atoms with van der Waals surface area (Å²) in [5, 5.41) is 3.35. The molecule has 1 aliphatic carbocycles. The van der Waals surface area contributed by atoms with Gasteiger partial charge in [0.15, 0.2) is 0 Å². The molecule has 0 spiro atoms. The molecule has 2 amide bonds. The number of rotatable bonds is 1. The molecule has 3 aliphatic rings. The first-order valence-electron chi connectivity index (χ1n) is 6.56. The summed E-state index contributed by atoms with van der Waals surface area (Å²) in [5.41, 5.74) is -0.0873. The molecule has 17 heavy (non-hydrogen) atoms. The molecule has 1 N–H and O–H groups in total. The minimum absolute atomic E-state index is 0.0378. The van der Waals surface area contributed by atoms with E-state index in [-0.39, 0.29) is 41.1 Å². The highest BCUT2D eigenvalue weighted by molar-refractivity contribution is 6.10. The lowest BCUT2D eigenvalue weighted by molar-refractivity contribution is -0.147. The predicted molar refractivity (Wildman–Crippen MR) is 63.1 cm³/mol. The van der Waals surface area contributed by atoms with Crippen molar-refractivity contribution in [2.45, 2.75) is 45.7 Å². The van der Waals surface area contributed by atoms with Crippen molar-refractivity contribution in [3.8, 4) is 0 Å². The van der Waals surface area contributed by atoms with Gasteiger partial charge in [-0.2, -0.15) is 0 Å². The van der Waals surface area contributed by atoms with E-state index in [0.717, 1.165) is 19.4 Å². The number of fused-ring (bicyclic) bond motifs is 1. The number of imide groups is 1. The van der Waals surface area contributed by atoms with Crippen molar-refractivity contribution in [2.24, 2.45) is 17.3 Å². The molecule has 1 saturated carbocycles. The third kappa shape index (κ3) is 1.33. The van der Waals surface area contributed by atoms with E-state index < -0.39 is 0 Å². The topological polar surface area (TPSA) is 49.4 Å². The molecule has 4 atom stereocenters. The average molecular weight is 236 g/mol. The van der Waals surface area contributed by atoms with Crippen LogP contribution in [-0.2, 0) is 9.59 Å². The summed E-state index contributed by atoms with van der Waals surface area (Å²) < 4.78 is 0. The lowest BCUT2D eigenvalue weighted by atomic mass is 9.96. The fourth-order valence-corrected chi connectivity index (χ4v) is 3.67. The summed E-state index contributed by atoms with van der Waals surface area (Å²) in [6.07, 6.45) is 2.00. The second-order valence-electron chi connectivity index (χ2n) is 6.28. The average Bonchev–Trinajstić information content (AvgIpc) is 2.72. The number of piperidine rings is 2. The number of amides is 2. The van der Waals surface area contributed by atoms with E-state index >= 15 is 0 Å². The van der Waals surface area contributed by atoms with Crippen LogP contribution in [0, 0.1) is 17.3 Å². The first-order chi connectivity index (χ1) is 7.96. The number of likely N-dealkylation sites (tertiary alicyclic amines) is 1. The smallest absolute Gasteiger partial charge is 0.233 e. The number of nitrogens with zero attached hydrogens (tertiary/aromatic N) is 1. The van der Waals surface area contributed by atoms with E-state index in [1.54, 1.807) is 4.90 Å². The van der Waals surface area contributed by atoms with E-state index in [1.807, 2.05) is 13.8 Å². The molecule has 0 aromatic rings. The lowest BCUT2D eigenvalue weighted by Crippen LogP contribution is -2.55. The largest absolute Gasteiger partial charge is 0.312 e. The molecule has 2 saturated heterocycles. The van der Waals surface area contributed by atoms with Crippen LogP contribution in [-0.4, -0.2) is 35.3 Å². The van der Waals surface area contributed by atoms with Gasteiger partial charge in [0.05, 0.1) is 17.9 Å². The monoisotopic (exact) mass is 236 g/mol. The minimum Gasteiger partial charge on any atom is -0.312 e. The van der Waals surface area contributed by atoms with Gasteiger partial charge in [-0.25, -0.2) is 0 Å². The fourth-order valence-electron chi connectivity index (χ4n) is 3.67. The Morgan fingerprint density at radius 2 is 1.82 bits per heavy atom. The Labute approximate surface area is 102 Å². The normalized spacial score (nSPS) is 43.8. The van der Waals surface area contributed by atoms with Crippen molar-refractivity contribution < 1.29 is 9.59 Å². The third-order valence-corrected chi connectivity index (χ3v) is 4.89. The van der Waals surface area contributed by atoms with Crippen LogP contribution in [0.5, 0.6) is 0 Å². The quantitative estimate of drug-likeness (QED) is 0.684. The van der Waals surface area contributed by atoms with Crippen LogP contribution in [0.1, 0.15) is 33.6 Å². The number of hydrogen-bond donors (Lipinski definition) is 1. The van der Waals surface area contributed by atoms with Crippen LogP contribution < -0.4 is 5.32 Å². The molecule has 3 rings (SSSR count). The number of nitrogens with one attached hydrogen (secondary N) is 1. The standard InChI is InChI=1S/C13H20N2O2/c1-7-8(5-4-6-14-7)15-11(16)9-10(12(15)17)13(9,2)3/h7-10,14H,4-6H2,1-3H3. The van der Waals surface area contributed by atoms with Crippen LogP contribution in [0.4, 0.5) is 0 Å². The molecule has 2 heterocycles. The fraction of sp³-hybridized carbons (Fsp3) is 0.846. The van der Waals surface area contributed by atoms with Crippen LogP contribution in [0.2, 0.25) is 0 Å². The van der Waals surface area contributed by atoms with Crippen molar-refractivity contribution in [3.63, 3.8) is 0 Å². The van der Waals surface area contributed by atoms with E-state index in [9.17, 15) is 9.59 Å². The van der Waals surface area contributed by atoms with Crippen LogP contribution >= 0.6 is 0 Å². The third-order valence-electron chi connectivity index (χ3n) is 4.89. The summed E-state index contributed by atoms with van der Waals surface area (Å²) in [5.74, 6) is 0.0735. The molecule has 4 nitrogen and oxygen atoms in total. The van der Waals surface area contributed by atoms with Crippen LogP contribution in [0.15, 0.2) is 0 Å². The summed E-state index contributed by atoms with van der Waals surface area (Å²) in [4.78, 5) is 26.2. The van der Waals surface area contributed by atoms with Gasteiger partial charge in [-0.15, -0.1) is 0 Å². The van der Waals surface area contributed by atoms with E-state index in [1.165, 1.54) is 0 Å². The van der Waals surface area contributed by atoms with E-state index in [4.69, 9.17) is 0 Å². The van der Waals surface area contributed by atoms with Gasteiger partial charge in [0.1, 0.15) is 0 Å². The summed E-state index contributed by atoms with van der Waals surface area (Å²) in [7, 11) is 0. The van der Waals surface area contributed by atoms with Gasteiger partial charge in [0.2, 0.25) is 11.8 Å². The molecule has 4 heteroatoms. The molecular weight excluding hydrogens is 216 g/mol. The molecule has 2 aliphatic heterocycles. The Morgan fingerprint density at radius 1 is 1.24 bits per heavy atom. The molecule has 0 radical (unpaired) electrons. The van der Waals surface area contributed by atoms with E-state index in [2.05, 4.69) is 12.2 Å². The number of carbonyl (C=O) groups is 2. The van der Waals surface area contributed by atoms with Gasteiger partial charge < -0.3 is 5.32 Å². The summed E-state index contributed by atoms with van der Waals surface area (Å²) in [6, 6.07) is 0.310. The van der Waals surface area contributed by atoms with Gasteiger partial charge in [-0.1, -0.05) is 13.8 Å². The molecule has 4 unspecified atom stereocenters. The molecule has 0 bridgehead atoms. The SMILES string of the molecule is CC1NCCCC1N1C(=O)C2C(C1=O)C2(C)C. The maximum Gasteiger partial charge on any atom is 0.233 e. The Kier molecular flexibility index (Phi) is 2.18. The van der Waals surface area contributed by atoms with Gasteiger partial charge in [-0.05, 0) is 31.7 Å². The highest BCUT2D eigenvalue weighted by atomic mass is 16.2. The molecule has 94 valence electrons. The summed E-state index contributed by atoms with van der Waals surface area (Å²) in [6.45, 7) is 7.11. The first kappa shape index (κ1) is 11.2. The summed E-state index contributed by atoms with van der Waals surface area (Å²) >= 11 is 0. The van der Waals surface area contributed by atoms with Crippen molar-refractivity contribution >= 4 is 11.8 Å². The number of hydrogen-bond acceptors (Lipinski definition) is 3. The maximum absolute atomic E-state index is 12.3. The van der Waals surface area contributed by atoms with Gasteiger partial charge in [-0.3, -0.25) is 14.5 Å². The van der Waals surface area contributed by atoms with Crippen LogP contribution in [0.3, 0.4) is 0 Å². The highest BCUT2D eigenvalue weighted by Crippen LogP contribution is 2.63. The van der Waals surface area contributed by atoms with Crippen LogP contribution in [0.25, 0.3) is 0 Å². The maximum atomic E-state index is 12.3. The Hall–Kier alpha value is -0.900. The second kappa shape index (κ2) is 3.31. The second-order valence-corrected chi connectivity index (χ2v) is 6.28. The minimum atomic E-state index is -0.0873. The zero-order valence-corrected chi connectivity index (χ0v) is 10.7. The zero-order valence-electron chi connectivity index (χ0n) is 10.7. The molecule has 0 aromatic carbocycles. The first-order valence-corrected chi connectivity index (χ1v) is 6.56. The molecule has 0 aromatic heterocycles. The number of carbonyl (C=O) groups excluding carboxylic acids is 2. The van der Waals surface area contributed by atoms with Crippen molar-refractivity contribution in [3.05, 3.63) is 0 Å².